The summed E-state index contributed by atoms with van der Waals surface area (Å²) in [5.41, 5.74) is 1.11. The maximum Gasteiger partial charge on any atom is 0.0590 e. The Morgan fingerprint density at radius 3 is 3.06 bits per heavy atom. The Morgan fingerprint density at radius 2 is 2.29 bits per heavy atom. The van der Waals surface area contributed by atoms with Gasteiger partial charge in [0.15, 0.2) is 0 Å². The quantitative estimate of drug-likeness (QED) is 0.916. The van der Waals surface area contributed by atoms with Crippen LogP contribution in [0.1, 0.15) is 0 Å². The monoisotopic (exact) mass is 298 g/mol. The largest absolute Gasteiger partial charge is 0.382 e. The Kier molecular flexibility index (Phi) is 4.36. The van der Waals surface area contributed by atoms with E-state index in [1.807, 2.05) is 18.5 Å². The fourth-order valence-electron chi connectivity index (χ4n) is 2.07. The van der Waals surface area contributed by atoms with Crippen LogP contribution >= 0.6 is 15.9 Å². The number of rotatable bonds is 3. The van der Waals surface area contributed by atoms with Gasteiger partial charge in [-0.25, -0.2) is 0 Å². The van der Waals surface area contributed by atoms with Gasteiger partial charge in [-0.05, 0) is 36.1 Å². The summed E-state index contributed by atoms with van der Waals surface area (Å²) < 4.78 is 1.02. The van der Waals surface area contributed by atoms with E-state index in [0.29, 0.717) is 6.04 Å². The van der Waals surface area contributed by atoms with Crippen LogP contribution < -0.4 is 5.32 Å². The Labute approximate surface area is 111 Å². The zero-order chi connectivity index (χ0) is 12.3. The van der Waals surface area contributed by atoms with E-state index >= 15 is 0 Å². The molecule has 0 radical (unpaired) electrons. The van der Waals surface area contributed by atoms with Gasteiger partial charge in [0, 0.05) is 44.6 Å². The van der Waals surface area contributed by atoms with Gasteiger partial charge in [-0.2, -0.15) is 0 Å². The lowest BCUT2D eigenvalue weighted by molar-refractivity contribution is 0.122. The first-order chi connectivity index (χ1) is 8.16. The van der Waals surface area contributed by atoms with E-state index < -0.39 is 0 Å². The summed E-state index contributed by atoms with van der Waals surface area (Å²) in [6.45, 7) is 4.38. The Bertz CT molecular complexity index is 371. The van der Waals surface area contributed by atoms with Crippen LogP contribution in [0.3, 0.4) is 0 Å². The summed E-state index contributed by atoms with van der Waals surface area (Å²) in [4.78, 5) is 8.86. The van der Waals surface area contributed by atoms with Crippen molar-refractivity contribution in [2.45, 2.75) is 6.04 Å². The first kappa shape index (κ1) is 12.8. The average Bonchev–Trinajstić information content (AvgIpc) is 2.32. The molecule has 5 heteroatoms. The predicted molar refractivity (Wildman–Crippen MR) is 74.3 cm³/mol. The molecule has 1 aromatic rings. The molecule has 1 unspecified atom stereocenters. The second kappa shape index (κ2) is 5.80. The molecule has 1 atom stereocenters. The van der Waals surface area contributed by atoms with Crippen molar-refractivity contribution in [3.63, 3.8) is 0 Å². The van der Waals surface area contributed by atoms with E-state index in [1.54, 1.807) is 0 Å². The van der Waals surface area contributed by atoms with Crippen molar-refractivity contribution in [2.24, 2.45) is 0 Å². The third kappa shape index (κ3) is 3.40. The third-order valence-electron chi connectivity index (χ3n) is 3.28. The van der Waals surface area contributed by atoms with Crippen LogP contribution in [-0.4, -0.2) is 61.1 Å². The predicted octanol–water partition coefficient (Wildman–Crippen LogP) is 1.50. The van der Waals surface area contributed by atoms with E-state index in [0.717, 1.165) is 36.3 Å². The van der Waals surface area contributed by atoms with Gasteiger partial charge in [0.2, 0.25) is 0 Å². The number of nitrogens with one attached hydrogen (secondary N) is 1. The summed E-state index contributed by atoms with van der Waals surface area (Å²) in [6, 6.07) is 2.56. The summed E-state index contributed by atoms with van der Waals surface area (Å²) in [7, 11) is 4.38. The second-order valence-corrected chi connectivity index (χ2v) is 5.49. The second-order valence-electron chi connectivity index (χ2n) is 4.63. The fourth-order valence-corrected chi connectivity index (χ4v) is 2.46. The number of aromatic nitrogens is 1. The summed E-state index contributed by atoms with van der Waals surface area (Å²) in [6.07, 6.45) is 3.63. The molecule has 0 saturated carbocycles. The Hall–Kier alpha value is -0.650. The lowest BCUT2D eigenvalue weighted by atomic mass is 10.2. The molecule has 94 valence electrons. The van der Waals surface area contributed by atoms with Crippen LogP contribution in [0.15, 0.2) is 22.9 Å². The number of pyridine rings is 1. The number of piperazine rings is 1. The third-order valence-corrected chi connectivity index (χ3v) is 3.91. The standard InChI is InChI=1S/C12H19BrN4/c1-16-5-6-17(2)10(9-16)7-15-12-3-4-14-8-11(12)13/h3-4,8,10H,5-7,9H2,1-2H3,(H,14,15). The van der Waals surface area contributed by atoms with Crippen molar-refractivity contribution in [3.05, 3.63) is 22.9 Å². The number of anilines is 1. The Morgan fingerprint density at radius 1 is 1.47 bits per heavy atom. The van der Waals surface area contributed by atoms with Crippen molar-refractivity contribution < 1.29 is 0 Å². The summed E-state index contributed by atoms with van der Waals surface area (Å²) in [5, 5.41) is 3.48. The van der Waals surface area contributed by atoms with Gasteiger partial charge in [-0.15, -0.1) is 0 Å². The molecule has 1 aliphatic heterocycles. The molecule has 1 fully saturated rings. The van der Waals surface area contributed by atoms with Gasteiger partial charge < -0.3 is 10.2 Å². The number of hydrogen-bond acceptors (Lipinski definition) is 4. The van der Waals surface area contributed by atoms with E-state index in [4.69, 9.17) is 0 Å². The lowest BCUT2D eigenvalue weighted by Gasteiger charge is -2.37. The van der Waals surface area contributed by atoms with Crippen LogP contribution in [-0.2, 0) is 0 Å². The molecule has 1 aliphatic rings. The van der Waals surface area contributed by atoms with Crippen molar-refractivity contribution in [2.75, 3.05) is 45.6 Å². The normalized spacial score (nSPS) is 22.6. The number of hydrogen-bond donors (Lipinski definition) is 1. The number of likely N-dealkylation sites (N-methyl/N-ethyl adjacent to an activating group) is 2. The highest BCUT2D eigenvalue weighted by molar-refractivity contribution is 9.10. The van der Waals surface area contributed by atoms with Gasteiger partial charge in [-0.1, -0.05) is 0 Å². The van der Waals surface area contributed by atoms with Crippen LogP contribution in [0.4, 0.5) is 5.69 Å². The van der Waals surface area contributed by atoms with Crippen LogP contribution in [0.5, 0.6) is 0 Å². The zero-order valence-electron chi connectivity index (χ0n) is 10.4. The minimum atomic E-state index is 0.564. The SMILES string of the molecule is CN1CCN(C)C(CNc2ccncc2Br)C1. The van der Waals surface area contributed by atoms with Crippen molar-refractivity contribution >= 4 is 21.6 Å². The first-order valence-electron chi connectivity index (χ1n) is 5.89. The molecular formula is C12H19BrN4. The van der Waals surface area contributed by atoms with E-state index in [9.17, 15) is 0 Å². The fraction of sp³-hybridized carbons (Fsp3) is 0.583. The van der Waals surface area contributed by atoms with Crippen LogP contribution in [0, 0.1) is 0 Å². The molecule has 2 rings (SSSR count). The topological polar surface area (TPSA) is 31.4 Å². The molecule has 0 amide bonds. The zero-order valence-corrected chi connectivity index (χ0v) is 11.9. The minimum absolute atomic E-state index is 0.564. The highest BCUT2D eigenvalue weighted by Crippen LogP contribution is 2.20. The molecule has 1 saturated heterocycles. The average molecular weight is 299 g/mol. The van der Waals surface area contributed by atoms with Crippen molar-refractivity contribution in [1.82, 2.24) is 14.8 Å². The smallest absolute Gasteiger partial charge is 0.0590 e. The highest BCUT2D eigenvalue weighted by atomic mass is 79.9. The molecule has 0 bridgehead atoms. The highest BCUT2D eigenvalue weighted by Gasteiger charge is 2.21. The maximum atomic E-state index is 4.06. The maximum absolute atomic E-state index is 4.06. The molecule has 0 spiro atoms. The van der Waals surface area contributed by atoms with E-state index in [-0.39, 0.29) is 0 Å². The van der Waals surface area contributed by atoms with Gasteiger partial charge >= 0.3 is 0 Å². The number of halogens is 1. The molecule has 4 nitrogen and oxygen atoms in total. The summed E-state index contributed by atoms with van der Waals surface area (Å²) in [5.74, 6) is 0. The molecule has 0 aliphatic carbocycles. The van der Waals surface area contributed by atoms with Crippen LogP contribution in [0.25, 0.3) is 0 Å². The van der Waals surface area contributed by atoms with Gasteiger partial charge in [0.1, 0.15) is 0 Å². The molecule has 2 heterocycles. The summed E-state index contributed by atoms with van der Waals surface area (Å²) >= 11 is 3.50. The lowest BCUT2D eigenvalue weighted by Crippen LogP contribution is -2.52. The van der Waals surface area contributed by atoms with Gasteiger partial charge in [-0.3, -0.25) is 9.88 Å². The molecule has 1 aromatic heterocycles. The van der Waals surface area contributed by atoms with Crippen molar-refractivity contribution in [1.29, 1.82) is 0 Å². The van der Waals surface area contributed by atoms with Gasteiger partial charge in [0.25, 0.3) is 0 Å². The van der Waals surface area contributed by atoms with E-state index in [1.165, 1.54) is 0 Å². The Balaban J connectivity index is 1.91. The molecule has 0 aromatic carbocycles. The van der Waals surface area contributed by atoms with E-state index in [2.05, 4.69) is 50.1 Å². The molecular weight excluding hydrogens is 280 g/mol. The molecule has 1 N–H and O–H groups in total. The van der Waals surface area contributed by atoms with Crippen molar-refractivity contribution in [3.8, 4) is 0 Å². The minimum Gasteiger partial charge on any atom is -0.382 e. The van der Waals surface area contributed by atoms with Gasteiger partial charge in [0.05, 0.1) is 10.2 Å². The number of nitrogens with zero attached hydrogens (tertiary/aromatic N) is 3. The first-order valence-corrected chi connectivity index (χ1v) is 6.68. The van der Waals surface area contributed by atoms with Crippen LogP contribution in [0.2, 0.25) is 0 Å². The molecule has 17 heavy (non-hydrogen) atoms.